The Bertz CT molecular complexity index is 346. The van der Waals surface area contributed by atoms with Crippen molar-refractivity contribution >= 4 is 11.7 Å². The summed E-state index contributed by atoms with van der Waals surface area (Å²) in [5, 5.41) is 12.0. The summed E-state index contributed by atoms with van der Waals surface area (Å²) in [5.74, 6) is -1.18. The van der Waals surface area contributed by atoms with E-state index >= 15 is 0 Å². The average Bonchev–Trinajstić information content (AvgIpc) is 2.27. The van der Waals surface area contributed by atoms with Crippen LogP contribution in [-0.4, -0.2) is 17.7 Å². The third-order valence-electron chi connectivity index (χ3n) is 1.63. The summed E-state index contributed by atoms with van der Waals surface area (Å²) in [4.78, 5) is 11.0. The summed E-state index contributed by atoms with van der Waals surface area (Å²) in [6.07, 6.45) is 1.20. The van der Waals surface area contributed by atoms with Crippen LogP contribution in [0.25, 0.3) is 0 Å². The van der Waals surface area contributed by atoms with Crippen LogP contribution >= 0.6 is 0 Å². The number of carbonyl (C=O) groups excluding carboxylic acids is 1. The van der Waals surface area contributed by atoms with Gasteiger partial charge in [0, 0.05) is 5.69 Å². The number of ether oxygens (including phenoxy) is 1. The Morgan fingerprint density at radius 3 is 2.73 bits per heavy atom. The van der Waals surface area contributed by atoms with Crippen LogP contribution in [0.3, 0.4) is 0 Å². The smallest absolute Gasteiger partial charge is 0.374 e. The highest BCUT2D eigenvalue weighted by atomic mass is 16.5. The zero-order valence-electron chi connectivity index (χ0n) is 8.43. The van der Waals surface area contributed by atoms with E-state index in [4.69, 9.17) is 0 Å². The van der Waals surface area contributed by atoms with E-state index in [-0.39, 0.29) is 6.61 Å². The Balaban J connectivity index is 2.54. The third-order valence-corrected chi connectivity index (χ3v) is 1.63. The number of aliphatic hydroxyl groups excluding tert-OH is 1. The molecule has 0 heterocycles. The molecule has 0 saturated heterocycles. The molecule has 1 aromatic carbocycles. The molecule has 0 atom stereocenters. The molecule has 0 fully saturated rings. The molecule has 15 heavy (non-hydrogen) atoms. The Hall–Kier alpha value is -1.97. The predicted molar refractivity (Wildman–Crippen MR) is 57.4 cm³/mol. The summed E-state index contributed by atoms with van der Waals surface area (Å²) in [6.45, 7) is 1.91. The Labute approximate surface area is 88.2 Å². The van der Waals surface area contributed by atoms with Crippen LogP contribution in [0.1, 0.15) is 6.92 Å². The van der Waals surface area contributed by atoms with Crippen LogP contribution in [0.15, 0.2) is 42.3 Å². The van der Waals surface area contributed by atoms with Crippen molar-refractivity contribution in [1.29, 1.82) is 0 Å². The minimum atomic E-state index is -0.735. The lowest BCUT2D eigenvalue weighted by atomic mass is 10.3. The van der Waals surface area contributed by atoms with Crippen molar-refractivity contribution in [2.75, 3.05) is 11.9 Å². The number of benzene rings is 1. The van der Waals surface area contributed by atoms with Crippen molar-refractivity contribution in [3.8, 4) is 0 Å². The van der Waals surface area contributed by atoms with E-state index in [0.717, 1.165) is 5.69 Å². The molecule has 1 rings (SSSR count). The van der Waals surface area contributed by atoms with E-state index < -0.39 is 11.7 Å². The van der Waals surface area contributed by atoms with Gasteiger partial charge in [-0.2, -0.15) is 0 Å². The maximum absolute atomic E-state index is 11.0. The first-order valence-electron chi connectivity index (χ1n) is 4.62. The van der Waals surface area contributed by atoms with Gasteiger partial charge in [0.05, 0.1) is 12.8 Å². The number of nitrogens with one attached hydrogen (secondary N) is 1. The maximum Gasteiger partial charge on any atom is 0.374 e. The van der Waals surface area contributed by atoms with Crippen LogP contribution in [-0.2, 0) is 9.53 Å². The molecule has 2 N–H and O–H groups in total. The van der Waals surface area contributed by atoms with E-state index in [9.17, 15) is 9.90 Å². The van der Waals surface area contributed by atoms with Crippen molar-refractivity contribution in [2.45, 2.75) is 6.92 Å². The highest BCUT2D eigenvalue weighted by Crippen LogP contribution is 2.05. The third kappa shape index (κ3) is 3.72. The van der Waals surface area contributed by atoms with Crippen LogP contribution in [0, 0.1) is 0 Å². The second-order valence-corrected chi connectivity index (χ2v) is 2.76. The monoisotopic (exact) mass is 207 g/mol. The lowest BCUT2D eigenvalue weighted by Crippen LogP contribution is -2.08. The Morgan fingerprint density at radius 1 is 1.47 bits per heavy atom. The number of hydrogen-bond acceptors (Lipinski definition) is 4. The van der Waals surface area contributed by atoms with Gasteiger partial charge >= 0.3 is 5.97 Å². The standard InChI is InChI=1S/C11H13NO3/c1-2-15-11(14)10(13)8-12-9-6-4-3-5-7-9/h3-8,12-13H,2H2,1H3/b10-8-. The van der Waals surface area contributed by atoms with Crippen molar-refractivity contribution in [2.24, 2.45) is 0 Å². The van der Waals surface area contributed by atoms with Gasteiger partial charge < -0.3 is 15.2 Å². The quantitative estimate of drug-likeness (QED) is 0.450. The van der Waals surface area contributed by atoms with Crippen LogP contribution in [0.5, 0.6) is 0 Å². The van der Waals surface area contributed by atoms with Crippen molar-refractivity contribution in [3.63, 3.8) is 0 Å². The number of rotatable bonds is 4. The lowest BCUT2D eigenvalue weighted by molar-refractivity contribution is -0.141. The summed E-state index contributed by atoms with van der Waals surface area (Å²) in [7, 11) is 0. The minimum absolute atomic E-state index is 0.238. The number of carbonyl (C=O) groups is 1. The molecule has 0 aliphatic carbocycles. The first-order chi connectivity index (χ1) is 7.24. The SMILES string of the molecule is CCOC(=O)/C(O)=C/Nc1ccccc1. The Morgan fingerprint density at radius 2 is 2.13 bits per heavy atom. The maximum atomic E-state index is 11.0. The van der Waals surface area contributed by atoms with E-state index in [1.807, 2.05) is 30.3 Å². The summed E-state index contributed by atoms with van der Waals surface area (Å²) in [6, 6.07) is 9.19. The highest BCUT2D eigenvalue weighted by Gasteiger charge is 2.06. The number of hydrogen-bond donors (Lipinski definition) is 2. The van der Waals surface area contributed by atoms with E-state index in [0.29, 0.717) is 0 Å². The predicted octanol–water partition coefficient (Wildman–Crippen LogP) is 2.06. The number of aliphatic hydroxyl groups is 1. The molecular weight excluding hydrogens is 194 g/mol. The second-order valence-electron chi connectivity index (χ2n) is 2.76. The molecule has 4 nitrogen and oxygen atoms in total. The van der Waals surface area contributed by atoms with E-state index in [1.165, 1.54) is 6.20 Å². The van der Waals surface area contributed by atoms with Crippen molar-refractivity contribution < 1.29 is 14.6 Å². The van der Waals surface area contributed by atoms with Crippen molar-refractivity contribution in [3.05, 3.63) is 42.3 Å². The molecule has 0 aliphatic heterocycles. The van der Waals surface area contributed by atoms with Gasteiger partial charge in [0.1, 0.15) is 0 Å². The molecule has 0 bridgehead atoms. The number of esters is 1. The summed E-state index contributed by atoms with van der Waals surface area (Å²) < 4.78 is 4.59. The largest absolute Gasteiger partial charge is 0.501 e. The average molecular weight is 207 g/mol. The van der Waals surface area contributed by atoms with Gasteiger partial charge in [-0.25, -0.2) is 4.79 Å². The summed E-state index contributed by atoms with van der Waals surface area (Å²) >= 11 is 0. The first kappa shape index (κ1) is 11.1. The normalized spacial score (nSPS) is 10.9. The van der Waals surface area contributed by atoms with Gasteiger partial charge in [-0.05, 0) is 19.1 Å². The molecule has 1 aromatic rings. The summed E-state index contributed by atoms with van der Waals surface area (Å²) in [5.41, 5.74) is 0.786. The van der Waals surface area contributed by atoms with Crippen molar-refractivity contribution in [1.82, 2.24) is 0 Å². The number of para-hydroxylation sites is 1. The first-order valence-corrected chi connectivity index (χ1v) is 4.62. The molecule has 0 amide bonds. The molecule has 0 aromatic heterocycles. The van der Waals surface area contributed by atoms with Gasteiger partial charge in [0.2, 0.25) is 5.76 Å². The van der Waals surface area contributed by atoms with Crippen LogP contribution in [0.2, 0.25) is 0 Å². The minimum Gasteiger partial charge on any atom is -0.501 e. The topological polar surface area (TPSA) is 58.6 Å². The van der Waals surface area contributed by atoms with Gasteiger partial charge in [-0.1, -0.05) is 18.2 Å². The van der Waals surface area contributed by atoms with Crippen LogP contribution < -0.4 is 5.32 Å². The fraction of sp³-hybridized carbons (Fsp3) is 0.182. The van der Waals surface area contributed by atoms with Crippen LogP contribution in [0.4, 0.5) is 5.69 Å². The van der Waals surface area contributed by atoms with Gasteiger partial charge in [-0.15, -0.1) is 0 Å². The van der Waals surface area contributed by atoms with Gasteiger partial charge in [0.25, 0.3) is 0 Å². The molecule has 80 valence electrons. The zero-order chi connectivity index (χ0) is 11.1. The molecule has 0 radical (unpaired) electrons. The molecule has 0 aliphatic rings. The molecular formula is C11H13NO3. The second kappa shape index (κ2) is 5.70. The Kier molecular flexibility index (Phi) is 4.22. The van der Waals surface area contributed by atoms with Gasteiger partial charge in [0.15, 0.2) is 0 Å². The van der Waals surface area contributed by atoms with Gasteiger partial charge in [-0.3, -0.25) is 0 Å². The van der Waals surface area contributed by atoms with E-state index in [2.05, 4.69) is 10.1 Å². The van der Waals surface area contributed by atoms with E-state index in [1.54, 1.807) is 6.92 Å². The highest BCUT2D eigenvalue weighted by molar-refractivity contribution is 5.86. The lowest BCUT2D eigenvalue weighted by Gasteiger charge is -2.02. The number of anilines is 1. The fourth-order valence-electron chi connectivity index (χ4n) is 0.950. The molecule has 0 unspecified atom stereocenters. The molecule has 4 heteroatoms. The zero-order valence-corrected chi connectivity index (χ0v) is 8.43. The fourth-order valence-corrected chi connectivity index (χ4v) is 0.950. The molecule has 0 spiro atoms. The molecule has 0 saturated carbocycles.